The first-order chi connectivity index (χ1) is 13.1. The second-order valence-corrected chi connectivity index (χ2v) is 6.87. The minimum atomic E-state index is -0.235. The second kappa shape index (κ2) is 7.31. The summed E-state index contributed by atoms with van der Waals surface area (Å²) >= 11 is 0. The van der Waals surface area contributed by atoms with Crippen molar-refractivity contribution in [2.75, 3.05) is 25.6 Å². The first kappa shape index (κ1) is 17.4. The maximum atomic E-state index is 12.7. The van der Waals surface area contributed by atoms with Crippen LogP contribution in [0.25, 0.3) is 0 Å². The molecule has 1 heterocycles. The summed E-state index contributed by atoms with van der Waals surface area (Å²) in [4.78, 5) is 26.1. The van der Waals surface area contributed by atoms with Gasteiger partial charge in [-0.1, -0.05) is 30.3 Å². The number of amides is 2. The first-order valence-corrected chi connectivity index (χ1v) is 9.15. The molecule has 0 spiro atoms. The lowest BCUT2D eigenvalue weighted by molar-refractivity contribution is -0.134. The molecule has 0 saturated heterocycles. The predicted octanol–water partition coefficient (Wildman–Crippen LogP) is 2.93. The second-order valence-electron chi connectivity index (χ2n) is 6.87. The molecule has 0 saturated carbocycles. The monoisotopic (exact) mass is 366 g/mol. The minimum Gasteiger partial charge on any atom is -0.481 e. The number of aryl methyl sites for hydroxylation is 1. The van der Waals surface area contributed by atoms with Crippen molar-refractivity contribution in [1.82, 2.24) is 4.90 Å². The molecule has 2 aliphatic rings. The van der Waals surface area contributed by atoms with Gasteiger partial charge < -0.3 is 19.7 Å². The summed E-state index contributed by atoms with van der Waals surface area (Å²) in [5.74, 6) is 0.652. The van der Waals surface area contributed by atoms with Crippen LogP contribution in [0.15, 0.2) is 42.5 Å². The van der Waals surface area contributed by atoms with E-state index >= 15 is 0 Å². The number of carbonyl (C=O) groups is 2. The number of benzene rings is 2. The lowest BCUT2D eigenvalue weighted by atomic mass is 9.87. The summed E-state index contributed by atoms with van der Waals surface area (Å²) < 4.78 is 11.1. The Kier molecular flexibility index (Phi) is 4.71. The van der Waals surface area contributed by atoms with Crippen molar-refractivity contribution in [3.63, 3.8) is 0 Å². The Balaban J connectivity index is 1.46. The summed E-state index contributed by atoms with van der Waals surface area (Å²) in [6.07, 6.45) is 3.07. The van der Waals surface area contributed by atoms with Crippen LogP contribution in [0.4, 0.5) is 5.69 Å². The van der Waals surface area contributed by atoms with Crippen molar-refractivity contribution in [3.8, 4) is 11.5 Å². The van der Waals surface area contributed by atoms with E-state index in [0.717, 1.165) is 19.3 Å². The van der Waals surface area contributed by atoms with Crippen LogP contribution in [-0.2, 0) is 16.0 Å². The van der Waals surface area contributed by atoms with Crippen LogP contribution < -0.4 is 14.8 Å². The molecule has 2 aromatic carbocycles. The zero-order valence-electron chi connectivity index (χ0n) is 15.2. The largest absolute Gasteiger partial charge is 0.481 e. The zero-order chi connectivity index (χ0) is 18.8. The third kappa shape index (κ3) is 3.47. The molecule has 6 heteroatoms. The minimum absolute atomic E-state index is 0.0147. The van der Waals surface area contributed by atoms with Gasteiger partial charge in [0, 0.05) is 7.05 Å². The van der Waals surface area contributed by atoms with Crippen molar-refractivity contribution < 1.29 is 19.1 Å². The van der Waals surface area contributed by atoms with E-state index < -0.39 is 0 Å². The summed E-state index contributed by atoms with van der Waals surface area (Å²) in [5, 5.41) is 2.74. The molecule has 0 bridgehead atoms. The molecule has 4 rings (SSSR count). The molecule has 0 aromatic heterocycles. The topological polar surface area (TPSA) is 67.9 Å². The van der Waals surface area contributed by atoms with Gasteiger partial charge in [-0.3, -0.25) is 9.59 Å². The summed E-state index contributed by atoms with van der Waals surface area (Å²) in [6, 6.07) is 13.6. The van der Waals surface area contributed by atoms with Gasteiger partial charge in [-0.05, 0) is 42.5 Å². The molecule has 1 atom stereocenters. The van der Waals surface area contributed by atoms with Gasteiger partial charge >= 0.3 is 0 Å². The molecule has 2 amide bonds. The quantitative estimate of drug-likeness (QED) is 0.903. The number of para-hydroxylation sites is 1. The van der Waals surface area contributed by atoms with Crippen LogP contribution in [-0.4, -0.2) is 37.0 Å². The number of likely N-dealkylation sites (N-methyl/N-ethyl adjacent to an activating group) is 1. The highest BCUT2D eigenvalue weighted by Gasteiger charge is 2.27. The van der Waals surface area contributed by atoms with E-state index in [9.17, 15) is 9.59 Å². The first-order valence-electron chi connectivity index (χ1n) is 9.15. The number of nitrogens with zero attached hydrogens (tertiary/aromatic N) is 1. The molecule has 1 N–H and O–H groups in total. The third-order valence-electron chi connectivity index (χ3n) is 5.16. The highest BCUT2D eigenvalue weighted by molar-refractivity contribution is 5.97. The Hall–Kier alpha value is -3.02. The van der Waals surface area contributed by atoms with Gasteiger partial charge in [0.1, 0.15) is 17.2 Å². The number of fused-ring (bicyclic) bond motifs is 2. The Bertz CT molecular complexity index is 880. The van der Waals surface area contributed by atoms with Crippen molar-refractivity contribution in [1.29, 1.82) is 0 Å². The summed E-state index contributed by atoms with van der Waals surface area (Å²) in [6.45, 7) is -0.110. The smallest absolute Gasteiger partial charge is 0.262 e. The van der Waals surface area contributed by atoms with Crippen molar-refractivity contribution >= 4 is 17.5 Å². The molecule has 0 fully saturated rings. The van der Waals surface area contributed by atoms with Crippen molar-refractivity contribution in [2.45, 2.75) is 25.3 Å². The Morgan fingerprint density at radius 3 is 3.00 bits per heavy atom. The maximum absolute atomic E-state index is 12.7. The van der Waals surface area contributed by atoms with E-state index in [1.807, 2.05) is 19.2 Å². The number of hydrogen-bond acceptors (Lipinski definition) is 4. The van der Waals surface area contributed by atoms with Crippen LogP contribution in [0.2, 0.25) is 0 Å². The highest BCUT2D eigenvalue weighted by Crippen LogP contribution is 2.37. The number of nitrogens with one attached hydrogen (secondary N) is 1. The van der Waals surface area contributed by atoms with Crippen LogP contribution in [0.5, 0.6) is 11.5 Å². The number of carbonyl (C=O) groups excluding carboxylic acids is 2. The molecule has 0 radical (unpaired) electrons. The van der Waals surface area contributed by atoms with Gasteiger partial charge in [0.25, 0.3) is 11.8 Å². The van der Waals surface area contributed by atoms with Gasteiger partial charge in [-0.25, -0.2) is 0 Å². The third-order valence-corrected chi connectivity index (χ3v) is 5.16. The molecule has 140 valence electrons. The van der Waals surface area contributed by atoms with Gasteiger partial charge in [-0.15, -0.1) is 0 Å². The number of anilines is 1. The van der Waals surface area contributed by atoms with Crippen LogP contribution in [0.1, 0.15) is 30.0 Å². The van der Waals surface area contributed by atoms with Gasteiger partial charge in [0.15, 0.2) is 13.2 Å². The van der Waals surface area contributed by atoms with E-state index in [1.165, 1.54) is 11.1 Å². The van der Waals surface area contributed by atoms with E-state index in [-0.39, 0.29) is 31.1 Å². The van der Waals surface area contributed by atoms with Crippen LogP contribution >= 0.6 is 0 Å². The number of hydrogen-bond donors (Lipinski definition) is 1. The maximum Gasteiger partial charge on any atom is 0.262 e. The highest BCUT2D eigenvalue weighted by atomic mass is 16.5. The van der Waals surface area contributed by atoms with Crippen molar-refractivity contribution in [2.24, 2.45) is 0 Å². The van der Waals surface area contributed by atoms with Crippen LogP contribution in [0, 0.1) is 0 Å². The van der Waals surface area contributed by atoms with Gasteiger partial charge in [0.05, 0.1) is 6.04 Å². The Morgan fingerprint density at radius 1 is 1.26 bits per heavy atom. The SMILES string of the molecule is CN(C(=O)COc1cccc2c1NC(=O)CO2)[C@@H]1CCCc2ccccc21. The molecule has 0 unspecified atom stereocenters. The molecule has 2 aromatic rings. The molecule has 1 aliphatic heterocycles. The van der Waals surface area contributed by atoms with Crippen LogP contribution in [0.3, 0.4) is 0 Å². The standard InChI is InChI=1S/C21H22N2O4/c1-23(16-9-4-7-14-6-2-3-8-15(14)16)20(25)13-27-18-11-5-10-17-21(18)22-19(24)12-26-17/h2-3,5-6,8,10-11,16H,4,7,9,12-13H2,1H3,(H,22,24)/t16-/m1/s1. The fourth-order valence-electron chi connectivity index (χ4n) is 3.74. The van der Waals surface area contributed by atoms with Gasteiger partial charge in [0.2, 0.25) is 0 Å². The zero-order valence-corrected chi connectivity index (χ0v) is 15.2. The Labute approximate surface area is 158 Å². The van der Waals surface area contributed by atoms with E-state index in [1.54, 1.807) is 23.1 Å². The lowest BCUT2D eigenvalue weighted by Gasteiger charge is -2.33. The average Bonchev–Trinajstić information content (AvgIpc) is 2.71. The van der Waals surface area contributed by atoms with E-state index in [4.69, 9.17) is 9.47 Å². The Morgan fingerprint density at radius 2 is 2.11 bits per heavy atom. The van der Waals surface area contributed by atoms with Gasteiger partial charge in [-0.2, -0.15) is 0 Å². The number of rotatable bonds is 4. The normalized spacial score (nSPS) is 17.8. The fourth-order valence-corrected chi connectivity index (χ4v) is 3.74. The molecular weight excluding hydrogens is 344 g/mol. The predicted molar refractivity (Wildman–Crippen MR) is 101 cm³/mol. The lowest BCUT2D eigenvalue weighted by Crippen LogP contribution is -2.36. The van der Waals surface area contributed by atoms with E-state index in [2.05, 4.69) is 17.4 Å². The molecular formula is C21H22N2O4. The molecule has 6 nitrogen and oxygen atoms in total. The fraction of sp³-hybridized carbons (Fsp3) is 0.333. The number of ether oxygens (including phenoxy) is 2. The van der Waals surface area contributed by atoms with E-state index in [0.29, 0.717) is 17.2 Å². The molecule has 1 aliphatic carbocycles. The average molecular weight is 366 g/mol. The summed E-state index contributed by atoms with van der Waals surface area (Å²) in [7, 11) is 1.82. The molecule has 27 heavy (non-hydrogen) atoms. The van der Waals surface area contributed by atoms with Crippen molar-refractivity contribution in [3.05, 3.63) is 53.6 Å². The summed E-state index contributed by atoms with van der Waals surface area (Å²) in [5.41, 5.74) is 3.01.